The Morgan fingerprint density at radius 3 is 2.32 bits per heavy atom. The Kier molecular flexibility index (Phi) is 3.60. The number of thiocarbonyl (C=S) groups is 1. The molecule has 0 aliphatic heterocycles. The van der Waals surface area contributed by atoms with Gasteiger partial charge in [-0.05, 0) is 86.2 Å². The molecule has 0 amide bonds. The van der Waals surface area contributed by atoms with Crippen molar-refractivity contribution < 1.29 is 0 Å². The van der Waals surface area contributed by atoms with Crippen LogP contribution in [0, 0.1) is 17.8 Å². The summed E-state index contributed by atoms with van der Waals surface area (Å²) in [5.74, 6) is 2.76. The molecule has 0 saturated heterocycles. The quantitative estimate of drug-likeness (QED) is 0.512. The fourth-order valence-corrected chi connectivity index (χ4v) is 5.42. The minimum atomic E-state index is 0.241. The highest BCUT2D eigenvalue weighted by Crippen LogP contribution is 2.55. The van der Waals surface area contributed by atoms with E-state index >= 15 is 0 Å². The van der Waals surface area contributed by atoms with Crippen molar-refractivity contribution in [2.24, 2.45) is 22.9 Å². The first-order chi connectivity index (χ1) is 10.7. The van der Waals surface area contributed by atoms with Gasteiger partial charge in [-0.3, -0.25) is 10.4 Å². The normalized spacial score (nSPS) is 35.7. The van der Waals surface area contributed by atoms with E-state index in [-0.39, 0.29) is 5.54 Å². The smallest absolute Gasteiger partial charge is 0.187 e. The summed E-state index contributed by atoms with van der Waals surface area (Å²) in [6.07, 6.45) is 13.5. The number of nitrogens with zero attached hydrogens (tertiary/aromatic N) is 2. The lowest BCUT2D eigenvalue weighted by Crippen LogP contribution is -2.61. The van der Waals surface area contributed by atoms with Crippen LogP contribution >= 0.6 is 12.2 Å². The molecule has 22 heavy (non-hydrogen) atoms. The Hall–Kier alpha value is -1.49. The molecule has 1 aromatic heterocycles. The third-order valence-electron chi connectivity index (χ3n) is 5.50. The van der Waals surface area contributed by atoms with Crippen molar-refractivity contribution in [3.05, 3.63) is 30.1 Å². The number of pyridine rings is 1. The van der Waals surface area contributed by atoms with Crippen LogP contribution < -0.4 is 10.7 Å². The predicted octanol–water partition coefficient (Wildman–Crippen LogP) is 2.85. The largest absolute Gasteiger partial charge is 0.356 e. The first kappa shape index (κ1) is 14.1. The Morgan fingerprint density at radius 2 is 1.73 bits per heavy atom. The second-order valence-corrected chi connectivity index (χ2v) is 7.71. The molecule has 4 bridgehead atoms. The zero-order valence-electron chi connectivity index (χ0n) is 12.7. The second-order valence-electron chi connectivity index (χ2n) is 7.30. The molecule has 4 aliphatic rings. The van der Waals surface area contributed by atoms with E-state index in [9.17, 15) is 0 Å². The lowest BCUT2D eigenvalue weighted by atomic mass is 9.53. The number of rotatable bonds is 3. The van der Waals surface area contributed by atoms with Gasteiger partial charge in [0.05, 0.1) is 6.21 Å². The summed E-state index contributed by atoms with van der Waals surface area (Å²) in [7, 11) is 0. The Morgan fingerprint density at radius 1 is 1.14 bits per heavy atom. The van der Waals surface area contributed by atoms with E-state index in [4.69, 9.17) is 12.2 Å². The van der Waals surface area contributed by atoms with Gasteiger partial charge in [0.15, 0.2) is 5.11 Å². The molecule has 1 heterocycles. The highest BCUT2D eigenvalue weighted by Gasteiger charge is 2.51. The van der Waals surface area contributed by atoms with Crippen LogP contribution in [0.15, 0.2) is 29.6 Å². The van der Waals surface area contributed by atoms with Gasteiger partial charge in [-0.15, -0.1) is 0 Å². The van der Waals surface area contributed by atoms with Crippen molar-refractivity contribution in [2.75, 3.05) is 0 Å². The van der Waals surface area contributed by atoms with E-state index in [1.807, 2.05) is 12.1 Å². The van der Waals surface area contributed by atoms with E-state index in [0.717, 1.165) is 23.3 Å². The number of hydrazone groups is 1. The second kappa shape index (κ2) is 5.61. The predicted molar refractivity (Wildman–Crippen MR) is 91.6 cm³/mol. The molecule has 2 N–H and O–H groups in total. The van der Waals surface area contributed by atoms with Gasteiger partial charge in [0.1, 0.15) is 0 Å². The van der Waals surface area contributed by atoms with Gasteiger partial charge in [0.2, 0.25) is 0 Å². The molecular formula is C17H22N4S. The summed E-state index contributed by atoms with van der Waals surface area (Å²) >= 11 is 5.46. The van der Waals surface area contributed by atoms with E-state index in [0.29, 0.717) is 5.11 Å². The van der Waals surface area contributed by atoms with Crippen LogP contribution in [0.2, 0.25) is 0 Å². The zero-order chi connectivity index (χ0) is 15.0. The van der Waals surface area contributed by atoms with Gasteiger partial charge in [0.25, 0.3) is 0 Å². The van der Waals surface area contributed by atoms with Crippen LogP contribution in [0.5, 0.6) is 0 Å². The maximum Gasteiger partial charge on any atom is 0.187 e. The van der Waals surface area contributed by atoms with E-state index in [2.05, 4.69) is 20.8 Å². The van der Waals surface area contributed by atoms with Crippen LogP contribution in [0.3, 0.4) is 0 Å². The molecule has 116 valence electrons. The first-order valence-corrected chi connectivity index (χ1v) is 8.63. The van der Waals surface area contributed by atoms with Crippen LogP contribution in [-0.4, -0.2) is 21.8 Å². The molecule has 4 saturated carbocycles. The first-order valence-electron chi connectivity index (χ1n) is 8.22. The van der Waals surface area contributed by atoms with Crippen molar-refractivity contribution in [3.63, 3.8) is 0 Å². The molecule has 5 heteroatoms. The van der Waals surface area contributed by atoms with Gasteiger partial charge in [-0.1, -0.05) is 0 Å². The number of hydrogen-bond acceptors (Lipinski definition) is 3. The average Bonchev–Trinajstić information content (AvgIpc) is 2.46. The van der Waals surface area contributed by atoms with Crippen LogP contribution in [0.25, 0.3) is 0 Å². The number of aromatic nitrogens is 1. The zero-order valence-corrected chi connectivity index (χ0v) is 13.5. The average molecular weight is 314 g/mol. The Balaban J connectivity index is 1.35. The molecule has 4 fully saturated rings. The van der Waals surface area contributed by atoms with Crippen LogP contribution in [-0.2, 0) is 0 Å². The standard InChI is InChI=1S/C17H22N4S/c22-16(21-19-11-12-1-3-18-4-2-12)20-17-8-13-5-14(9-17)7-15(6-13)10-17/h1-4,11,13-15H,5-10H2,(H2,20,21,22). The Labute approximate surface area is 136 Å². The maximum atomic E-state index is 5.46. The third kappa shape index (κ3) is 2.86. The molecule has 1 aromatic rings. The summed E-state index contributed by atoms with van der Waals surface area (Å²) in [5.41, 5.74) is 4.23. The molecule has 4 aliphatic carbocycles. The fraction of sp³-hybridized carbons (Fsp3) is 0.588. The highest BCUT2D eigenvalue weighted by molar-refractivity contribution is 7.80. The van der Waals surface area contributed by atoms with Gasteiger partial charge >= 0.3 is 0 Å². The summed E-state index contributed by atoms with van der Waals surface area (Å²) in [4.78, 5) is 3.99. The van der Waals surface area contributed by atoms with Crippen molar-refractivity contribution in [1.82, 2.24) is 15.7 Å². The van der Waals surface area contributed by atoms with Crippen molar-refractivity contribution in [3.8, 4) is 0 Å². The van der Waals surface area contributed by atoms with E-state index in [1.165, 1.54) is 38.5 Å². The van der Waals surface area contributed by atoms with Gasteiger partial charge in [-0.2, -0.15) is 5.10 Å². The van der Waals surface area contributed by atoms with E-state index < -0.39 is 0 Å². The molecule has 0 unspecified atom stereocenters. The molecular weight excluding hydrogens is 292 g/mol. The lowest BCUT2D eigenvalue weighted by molar-refractivity contribution is -0.0101. The Bertz CT molecular complexity index is 548. The fourth-order valence-electron chi connectivity index (χ4n) is 5.15. The van der Waals surface area contributed by atoms with Crippen LogP contribution in [0.1, 0.15) is 44.1 Å². The lowest BCUT2D eigenvalue weighted by Gasteiger charge is -2.57. The summed E-state index contributed by atoms with van der Waals surface area (Å²) in [5, 5.41) is 8.50. The summed E-state index contributed by atoms with van der Waals surface area (Å²) < 4.78 is 0. The number of nitrogens with one attached hydrogen (secondary N) is 2. The molecule has 4 nitrogen and oxygen atoms in total. The van der Waals surface area contributed by atoms with E-state index in [1.54, 1.807) is 18.6 Å². The highest BCUT2D eigenvalue weighted by atomic mass is 32.1. The minimum absolute atomic E-state index is 0.241. The van der Waals surface area contributed by atoms with Crippen molar-refractivity contribution in [1.29, 1.82) is 0 Å². The topological polar surface area (TPSA) is 49.3 Å². The van der Waals surface area contributed by atoms with Gasteiger partial charge in [0, 0.05) is 17.9 Å². The van der Waals surface area contributed by atoms with Gasteiger partial charge in [-0.25, -0.2) is 0 Å². The number of hydrogen-bond donors (Lipinski definition) is 2. The molecule has 0 spiro atoms. The minimum Gasteiger partial charge on any atom is -0.356 e. The van der Waals surface area contributed by atoms with Crippen molar-refractivity contribution in [2.45, 2.75) is 44.1 Å². The molecule has 0 aromatic carbocycles. The maximum absolute atomic E-state index is 5.46. The van der Waals surface area contributed by atoms with Gasteiger partial charge < -0.3 is 5.32 Å². The molecule has 0 radical (unpaired) electrons. The molecule has 5 rings (SSSR count). The SMILES string of the molecule is S=C(NN=Cc1ccncc1)NC12CC3CC(CC(C3)C1)C2. The summed E-state index contributed by atoms with van der Waals surface area (Å²) in [6.45, 7) is 0. The van der Waals surface area contributed by atoms with Crippen LogP contribution in [0.4, 0.5) is 0 Å². The monoisotopic (exact) mass is 314 g/mol. The molecule has 0 atom stereocenters. The third-order valence-corrected chi connectivity index (χ3v) is 5.70. The van der Waals surface area contributed by atoms with Crippen molar-refractivity contribution >= 4 is 23.5 Å². The summed E-state index contributed by atoms with van der Waals surface area (Å²) in [6, 6.07) is 3.83.